The van der Waals surface area contributed by atoms with E-state index in [4.69, 9.17) is 9.47 Å². The number of fused-ring (bicyclic) bond motifs is 2. The molecule has 8 nitrogen and oxygen atoms in total. The first-order valence-electron chi connectivity index (χ1n) is 9.23. The van der Waals surface area contributed by atoms with Gasteiger partial charge < -0.3 is 29.8 Å². The molecule has 0 bridgehead atoms. The quantitative estimate of drug-likeness (QED) is 0.584. The van der Waals surface area contributed by atoms with Crippen molar-refractivity contribution in [1.29, 1.82) is 0 Å². The van der Waals surface area contributed by atoms with Crippen LogP contribution < -0.4 is 20.1 Å². The van der Waals surface area contributed by atoms with Crippen LogP contribution in [-0.4, -0.2) is 41.2 Å². The fraction of sp³-hybridized carbons (Fsp3) is 0.238. The molecule has 0 radical (unpaired) electrons. The van der Waals surface area contributed by atoms with Crippen LogP contribution in [0.4, 0.5) is 5.69 Å². The first-order chi connectivity index (χ1) is 14.0. The number of amides is 2. The molecule has 8 heteroatoms. The summed E-state index contributed by atoms with van der Waals surface area (Å²) >= 11 is 0. The zero-order valence-corrected chi connectivity index (χ0v) is 15.8. The van der Waals surface area contributed by atoms with Gasteiger partial charge in [0, 0.05) is 37.1 Å². The molecular formula is C21H21N3O5. The van der Waals surface area contributed by atoms with E-state index in [2.05, 4.69) is 10.6 Å². The van der Waals surface area contributed by atoms with E-state index in [9.17, 15) is 14.7 Å². The fourth-order valence-electron chi connectivity index (χ4n) is 3.20. The molecule has 3 N–H and O–H groups in total. The maximum absolute atomic E-state index is 12.1. The number of carbonyl (C=O) groups excluding carboxylic acids is 2. The van der Waals surface area contributed by atoms with Crippen LogP contribution in [0.15, 0.2) is 48.7 Å². The third-order valence-corrected chi connectivity index (χ3v) is 4.76. The minimum atomic E-state index is -0.925. The van der Waals surface area contributed by atoms with Crippen LogP contribution in [0.3, 0.4) is 0 Å². The van der Waals surface area contributed by atoms with Crippen LogP contribution in [0.25, 0.3) is 10.9 Å². The maximum Gasteiger partial charge on any atom is 0.313 e. The smallest absolute Gasteiger partial charge is 0.313 e. The van der Waals surface area contributed by atoms with Crippen LogP contribution in [0.2, 0.25) is 0 Å². The minimum absolute atomic E-state index is 0.0776. The topological polar surface area (TPSA) is 102 Å². The number of nitrogens with zero attached hydrogens (tertiary/aromatic N) is 1. The van der Waals surface area contributed by atoms with Crippen molar-refractivity contribution in [3.8, 4) is 11.5 Å². The summed E-state index contributed by atoms with van der Waals surface area (Å²) in [4.78, 5) is 24.2. The minimum Gasteiger partial charge on any atom is -0.486 e. The molecule has 2 heterocycles. The monoisotopic (exact) mass is 395 g/mol. The molecule has 2 aromatic carbocycles. The van der Waals surface area contributed by atoms with Gasteiger partial charge >= 0.3 is 11.8 Å². The summed E-state index contributed by atoms with van der Waals surface area (Å²) in [7, 11) is 1.94. The van der Waals surface area contributed by atoms with Gasteiger partial charge in [-0.25, -0.2) is 0 Å². The molecule has 1 aromatic heterocycles. The average Bonchev–Trinajstić information content (AvgIpc) is 3.11. The largest absolute Gasteiger partial charge is 0.486 e. The molecular weight excluding hydrogens is 374 g/mol. The lowest BCUT2D eigenvalue weighted by Crippen LogP contribution is -2.37. The third-order valence-electron chi connectivity index (χ3n) is 4.76. The number of aliphatic hydroxyl groups excluding tert-OH is 1. The molecule has 3 aromatic rings. The number of ether oxygens (including phenoxy) is 2. The van der Waals surface area contributed by atoms with Crippen molar-refractivity contribution in [3.63, 3.8) is 0 Å². The van der Waals surface area contributed by atoms with Crippen molar-refractivity contribution in [3.05, 3.63) is 54.2 Å². The molecule has 0 saturated heterocycles. The van der Waals surface area contributed by atoms with E-state index < -0.39 is 17.9 Å². The van der Waals surface area contributed by atoms with E-state index in [1.54, 1.807) is 24.3 Å². The summed E-state index contributed by atoms with van der Waals surface area (Å²) < 4.78 is 12.9. The second kappa shape index (κ2) is 7.84. The third kappa shape index (κ3) is 4.02. The summed E-state index contributed by atoms with van der Waals surface area (Å²) in [5, 5.41) is 16.3. The number of hydrogen-bond acceptors (Lipinski definition) is 5. The SMILES string of the molecule is Cn1ccc2cc(C(O)CNC(=O)C(=O)Nc3ccc4c(c3)OCCO4)ccc21. The number of aliphatic hydroxyl groups is 1. The molecule has 1 aliphatic rings. The molecule has 2 amide bonds. The standard InChI is InChI=1S/C21H21N3O5/c1-24-7-6-13-10-14(2-4-16(13)24)17(25)12-22-20(26)21(27)23-15-3-5-18-19(11-15)29-9-8-28-18/h2-7,10-11,17,25H,8-9,12H2,1H3,(H,22,26)(H,23,27). The summed E-state index contributed by atoms with van der Waals surface area (Å²) in [6.45, 7) is 0.823. The van der Waals surface area contributed by atoms with Crippen LogP contribution in [0.5, 0.6) is 11.5 Å². The number of aryl methyl sites for hydroxylation is 1. The van der Waals surface area contributed by atoms with Crippen LogP contribution in [0.1, 0.15) is 11.7 Å². The van der Waals surface area contributed by atoms with Crippen molar-refractivity contribution in [1.82, 2.24) is 9.88 Å². The Labute approximate surface area is 167 Å². The Balaban J connectivity index is 1.34. The molecule has 29 heavy (non-hydrogen) atoms. The van der Waals surface area contributed by atoms with Crippen molar-refractivity contribution in [2.24, 2.45) is 7.05 Å². The van der Waals surface area contributed by atoms with Crippen molar-refractivity contribution < 1.29 is 24.2 Å². The Morgan fingerprint density at radius 3 is 2.69 bits per heavy atom. The average molecular weight is 395 g/mol. The molecule has 0 fully saturated rings. The number of carbonyl (C=O) groups is 2. The lowest BCUT2D eigenvalue weighted by molar-refractivity contribution is -0.136. The van der Waals surface area contributed by atoms with Gasteiger partial charge in [-0.1, -0.05) is 6.07 Å². The number of hydrogen-bond donors (Lipinski definition) is 3. The molecule has 150 valence electrons. The number of rotatable bonds is 4. The van der Waals surface area contributed by atoms with Gasteiger partial charge in [0.15, 0.2) is 11.5 Å². The summed E-state index contributed by atoms with van der Waals surface area (Å²) in [6, 6.07) is 12.4. The summed E-state index contributed by atoms with van der Waals surface area (Å²) in [5.41, 5.74) is 2.13. The molecule has 1 atom stereocenters. The van der Waals surface area contributed by atoms with Gasteiger partial charge in [0.1, 0.15) is 13.2 Å². The Kier molecular flexibility index (Phi) is 5.09. The van der Waals surface area contributed by atoms with E-state index in [1.165, 1.54) is 0 Å². The van der Waals surface area contributed by atoms with E-state index in [0.29, 0.717) is 36.0 Å². The van der Waals surface area contributed by atoms with Gasteiger partial charge in [0.05, 0.1) is 6.10 Å². The summed E-state index contributed by atoms with van der Waals surface area (Å²) in [6.07, 6.45) is 1.01. The van der Waals surface area contributed by atoms with Gasteiger partial charge in [0.2, 0.25) is 0 Å². The Bertz CT molecular complexity index is 1080. The van der Waals surface area contributed by atoms with Gasteiger partial charge in [-0.15, -0.1) is 0 Å². The molecule has 1 unspecified atom stereocenters. The normalized spacial score (nSPS) is 13.7. The van der Waals surface area contributed by atoms with Crippen LogP contribution >= 0.6 is 0 Å². The highest BCUT2D eigenvalue weighted by Gasteiger charge is 2.18. The van der Waals surface area contributed by atoms with Crippen molar-refractivity contribution in [2.75, 3.05) is 25.1 Å². The lowest BCUT2D eigenvalue weighted by Gasteiger charge is -2.19. The Hall–Kier alpha value is -3.52. The highest BCUT2D eigenvalue weighted by atomic mass is 16.6. The van der Waals surface area contributed by atoms with Crippen LogP contribution in [-0.2, 0) is 16.6 Å². The number of benzene rings is 2. The number of nitrogens with one attached hydrogen (secondary N) is 2. The zero-order valence-electron chi connectivity index (χ0n) is 15.8. The van der Waals surface area contributed by atoms with Gasteiger partial charge in [-0.3, -0.25) is 9.59 Å². The maximum atomic E-state index is 12.1. The van der Waals surface area contributed by atoms with Gasteiger partial charge in [-0.05, 0) is 41.3 Å². The lowest BCUT2D eigenvalue weighted by atomic mass is 10.1. The molecule has 1 aliphatic heterocycles. The molecule has 0 saturated carbocycles. The Morgan fingerprint density at radius 2 is 1.86 bits per heavy atom. The van der Waals surface area contributed by atoms with E-state index in [-0.39, 0.29) is 6.54 Å². The summed E-state index contributed by atoms with van der Waals surface area (Å²) in [5.74, 6) is -0.550. The first kappa shape index (κ1) is 18.8. The second-order valence-electron chi connectivity index (χ2n) is 6.78. The van der Waals surface area contributed by atoms with Crippen molar-refractivity contribution >= 4 is 28.4 Å². The predicted octanol–water partition coefficient (Wildman–Crippen LogP) is 1.74. The first-order valence-corrected chi connectivity index (χ1v) is 9.23. The molecule has 0 aliphatic carbocycles. The van der Waals surface area contributed by atoms with Gasteiger partial charge in [-0.2, -0.15) is 0 Å². The van der Waals surface area contributed by atoms with Crippen LogP contribution in [0, 0.1) is 0 Å². The van der Waals surface area contributed by atoms with E-state index in [0.717, 1.165) is 10.9 Å². The number of anilines is 1. The van der Waals surface area contributed by atoms with Gasteiger partial charge in [0.25, 0.3) is 0 Å². The Morgan fingerprint density at radius 1 is 1.07 bits per heavy atom. The second-order valence-corrected chi connectivity index (χ2v) is 6.78. The molecule has 4 rings (SSSR count). The predicted molar refractivity (Wildman–Crippen MR) is 107 cm³/mol. The molecule has 0 spiro atoms. The fourth-order valence-corrected chi connectivity index (χ4v) is 3.20. The van der Waals surface area contributed by atoms with Crippen molar-refractivity contribution in [2.45, 2.75) is 6.10 Å². The highest BCUT2D eigenvalue weighted by molar-refractivity contribution is 6.39. The zero-order chi connectivity index (χ0) is 20.4. The van der Waals surface area contributed by atoms with E-state index in [1.807, 2.05) is 36.0 Å². The highest BCUT2D eigenvalue weighted by Crippen LogP contribution is 2.32. The number of aromatic nitrogens is 1. The van der Waals surface area contributed by atoms with E-state index >= 15 is 0 Å².